The van der Waals surface area contributed by atoms with Gasteiger partial charge < -0.3 is 5.32 Å². The van der Waals surface area contributed by atoms with Crippen molar-refractivity contribution >= 4 is 22.4 Å². The number of hydrogen-bond acceptors (Lipinski definition) is 3. The van der Waals surface area contributed by atoms with E-state index < -0.39 is 0 Å². The molecule has 4 heteroatoms. The van der Waals surface area contributed by atoms with E-state index >= 15 is 0 Å². The summed E-state index contributed by atoms with van der Waals surface area (Å²) in [5, 5.41) is 3.84. The van der Waals surface area contributed by atoms with Crippen molar-refractivity contribution in [3.8, 4) is 0 Å². The molecular weight excluding hydrogens is 244 g/mol. The van der Waals surface area contributed by atoms with Crippen LogP contribution >= 0.6 is 11.5 Å². The summed E-state index contributed by atoms with van der Waals surface area (Å²) in [7, 11) is 0. The van der Waals surface area contributed by atoms with E-state index in [4.69, 9.17) is 0 Å². The molecule has 0 aromatic carbocycles. The Hall–Kier alpha value is -0.900. The zero-order chi connectivity index (χ0) is 13.2. The molecule has 2 rings (SSSR count). The molecule has 0 spiro atoms. The van der Waals surface area contributed by atoms with Crippen LogP contribution in [0.3, 0.4) is 0 Å². The van der Waals surface area contributed by atoms with E-state index in [1.807, 2.05) is 20.8 Å². The Morgan fingerprint density at radius 1 is 1.33 bits per heavy atom. The van der Waals surface area contributed by atoms with Gasteiger partial charge in [-0.1, -0.05) is 40.0 Å². The Morgan fingerprint density at radius 3 is 2.61 bits per heavy atom. The first-order valence-electron chi connectivity index (χ1n) is 6.75. The van der Waals surface area contributed by atoms with Crippen molar-refractivity contribution in [3.63, 3.8) is 0 Å². The second-order valence-corrected chi connectivity index (χ2v) is 6.96. The lowest BCUT2D eigenvalue weighted by atomic mass is 9.87. The third-order valence-corrected chi connectivity index (χ3v) is 4.19. The van der Waals surface area contributed by atoms with Gasteiger partial charge in [-0.05, 0) is 30.4 Å². The smallest absolute Gasteiger partial charge is 0.230 e. The van der Waals surface area contributed by atoms with Gasteiger partial charge in [0.2, 0.25) is 5.91 Å². The highest BCUT2D eigenvalue weighted by Gasteiger charge is 2.23. The standard InChI is InChI=1S/C14H22N2OS/c1-14(2,3)13(17)15-12-9-11(16-18-12)10-7-5-4-6-8-10/h9-10H,4-8H2,1-3H3,(H,15,17). The average Bonchev–Trinajstić information content (AvgIpc) is 2.77. The fourth-order valence-electron chi connectivity index (χ4n) is 2.24. The van der Waals surface area contributed by atoms with Gasteiger partial charge >= 0.3 is 0 Å². The molecule has 1 saturated carbocycles. The summed E-state index contributed by atoms with van der Waals surface area (Å²) in [6.45, 7) is 5.77. The van der Waals surface area contributed by atoms with E-state index in [-0.39, 0.29) is 11.3 Å². The van der Waals surface area contributed by atoms with Gasteiger partial charge in [-0.15, -0.1) is 0 Å². The second-order valence-electron chi connectivity index (χ2n) is 6.16. The van der Waals surface area contributed by atoms with Crippen molar-refractivity contribution in [2.45, 2.75) is 58.8 Å². The number of nitrogens with zero attached hydrogens (tertiary/aromatic N) is 1. The molecule has 100 valence electrons. The van der Waals surface area contributed by atoms with Crippen molar-refractivity contribution in [2.75, 3.05) is 5.32 Å². The number of rotatable bonds is 2. The van der Waals surface area contributed by atoms with Crippen LogP contribution in [-0.4, -0.2) is 10.3 Å². The van der Waals surface area contributed by atoms with Crippen molar-refractivity contribution in [3.05, 3.63) is 11.8 Å². The van der Waals surface area contributed by atoms with Crippen LogP contribution in [0.15, 0.2) is 6.07 Å². The Balaban J connectivity index is 1.99. The molecule has 3 nitrogen and oxygen atoms in total. The summed E-state index contributed by atoms with van der Waals surface area (Å²) >= 11 is 1.41. The molecule has 0 atom stereocenters. The van der Waals surface area contributed by atoms with E-state index in [2.05, 4.69) is 15.8 Å². The minimum Gasteiger partial charge on any atom is -0.316 e. The molecule has 1 heterocycles. The Bertz CT molecular complexity index is 414. The number of aromatic nitrogens is 1. The topological polar surface area (TPSA) is 42.0 Å². The number of carbonyl (C=O) groups excluding carboxylic acids is 1. The molecule has 0 aliphatic heterocycles. The van der Waals surface area contributed by atoms with Crippen molar-refractivity contribution in [2.24, 2.45) is 5.41 Å². The van der Waals surface area contributed by atoms with E-state index in [1.54, 1.807) is 0 Å². The molecule has 1 fully saturated rings. The average molecular weight is 266 g/mol. The summed E-state index contributed by atoms with van der Waals surface area (Å²) in [6, 6.07) is 2.06. The highest BCUT2D eigenvalue weighted by Crippen LogP contribution is 2.34. The second kappa shape index (κ2) is 5.39. The number of hydrogen-bond donors (Lipinski definition) is 1. The predicted molar refractivity (Wildman–Crippen MR) is 76.0 cm³/mol. The SMILES string of the molecule is CC(C)(C)C(=O)Nc1cc(C2CCCCC2)ns1. The van der Waals surface area contributed by atoms with E-state index in [1.165, 1.54) is 49.3 Å². The fraction of sp³-hybridized carbons (Fsp3) is 0.714. The lowest BCUT2D eigenvalue weighted by molar-refractivity contribution is -0.123. The van der Waals surface area contributed by atoms with E-state index in [9.17, 15) is 4.79 Å². The fourth-order valence-corrected chi connectivity index (χ4v) is 2.96. The van der Waals surface area contributed by atoms with Gasteiger partial charge in [-0.2, -0.15) is 4.37 Å². The molecule has 1 aliphatic rings. The molecular formula is C14H22N2OS. The first kappa shape index (κ1) is 13.5. The van der Waals surface area contributed by atoms with E-state index in [0.717, 1.165) is 5.00 Å². The Kier molecular flexibility index (Phi) is 4.05. The van der Waals surface area contributed by atoms with Crippen LogP contribution in [0.2, 0.25) is 0 Å². The number of anilines is 1. The molecule has 1 aliphatic carbocycles. The maximum absolute atomic E-state index is 11.9. The van der Waals surface area contributed by atoms with Crippen LogP contribution in [0.25, 0.3) is 0 Å². The summed E-state index contributed by atoms with van der Waals surface area (Å²) in [5.41, 5.74) is 0.818. The van der Waals surface area contributed by atoms with Gasteiger partial charge in [0, 0.05) is 11.3 Å². The number of carbonyl (C=O) groups is 1. The summed E-state index contributed by atoms with van der Waals surface area (Å²) in [6.07, 6.45) is 6.47. The molecule has 1 aromatic rings. The lowest BCUT2D eigenvalue weighted by Crippen LogP contribution is -2.27. The highest BCUT2D eigenvalue weighted by atomic mass is 32.1. The first-order valence-corrected chi connectivity index (χ1v) is 7.52. The van der Waals surface area contributed by atoms with Crippen LogP contribution in [0.5, 0.6) is 0 Å². The maximum atomic E-state index is 11.9. The molecule has 0 radical (unpaired) electrons. The monoisotopic (exact) mass is 266 g/mol. The Labute approximate surface area is 113 Å². The van der Waals surface area contributed by atoms with E-state index in [0.29, 0.717) is 5.92 Å². The Morgan fingerprint density at radius 2 is 2.00 bits per heavy atom. The molecule has 0 bridgehead atoms. The van der Waals surface area contributed by atoms with Gasteiger partial charge in [0.15, 0.2) is 0 Å². The molecule has 1 aromatic heterocycles. The molecule has 0 saturated heterocycles. The molecule has 1 amide bonds. The summed E-state index contributed by atoms with van der Waals surface area (Å²) in [5.74, 6) is 0.664. The predicted octanol–water partition coefficient (Wildman–Crippen LogP) is 4.18. The lowest BCUT2D eigenvalue weighted by Gasteiger charge is -2.19. The molecule has 1 N–H and O–H groups in total. The van der Waals surface area contributed by atoms with Crippen LogP contribution in [-0.2, 0) is 4.79 Å². The molecule has 0 unspecified atom stereocenters. The van der Waals surface area contributed by atoms with Crippen molar-refractivity contribution in [1.82, 2.24) is 4.37 Å². The maximum Gasteiger partial charge on any atom is 0.230 e. The number of nitrogens with one attached hydrogen (secondary N) is 1. The summed E-state index contributed by atoms with van der Waals surface area (Å²) < 4.78 is 4.50. The van der Waals surface area contributed by atoms with Gasteiger partial charge in [-0.25, -0.2) is 0 Å². The van der Waals surface area contributed by atoms with Gasteiger partial charge in [-0.3, -0.25) is 4.79 Å². The third kappa shape index (κ3) is 3.31. The van der Waals surface area contributed by atoms with Crippen LogP contribution in [0.4, 0.5) is 5.00 Å². The van der Waals surface area contributed by atoms with Crippen LogP contribution in [0.1, 0.15) is 64.5 Å². The normalized spacial score (nSPS) is 17.7. The highest BCUT2D eigenvalue weighted by molar-refractivity contribution is 7.10. The van der Waals surface area contributed by atoms with Crippen LogP contribution < -0.4 is 5.32 Å². The minimum absolute atomic E-state index is 0.0568. The van der Waals surface area contributed by atoms with Gasteiger partial charge in [0.25, 0.3) is 0 Å². The third-order valence-electron chi connectivity index (χ3n) is 3.47. The summed E-state index contributed by atoms with van der Waals surface area (Å²) in [4.78, 5) is 11.9. The first-order chi connectivity index (χ1) is 8.47. The van der Waals surface area contributed by atoms with Gasteiger partial charge in [0.05, 0.1) is 5.69 Å². The van der Waals surface area contributed by atoms with Crippen molar-refractivity contribution in [1.29, 1.82) is 0 Å². The van der Waals surface area contributed by atoms with Crippen molar-refractivity contribution < 1.29 is 4.79 Å². The zero-order valence-electron chi connectivity index (χ0n) is 11.5. The quantitative estimate of drug-likeness (QED) is 0.872. The minimum atomic E-state index is -0.352. The zero-order valence-corrected chi connectivity index (χ0v) is 12.3. The van der Waals surface area contributed by atoms with Gasteiger partial charge in [0.1, 0.15) is 5.00 Å². The molecule has 18 heavy (non-hydrogen) atoms. The van der Waals surface area contributed by atoms with Crippen LogP contribution in [0, 0.1) is 5.41 Å². The largest absolute Gasteiger partial charge is 0.316 e. The number of amides is 1.